The Morgan fingerprint density at radius 1 is 1.12 bits per heavy atom. The second-order valence-electron chi connectivity index (χ2n) is 5.53. The standard InChI is InChI=1S/C18H16N2O4S/c1-12-8-9-15(11-16(12)20-13(2)21)25(22,23)24-17-7-3-5-14-6-4-10-19-18(14)17/h3-11H,1-2H3,(H,20,21). The topological polar surface area (TPSA) is 85.4 Å². The molecule has 6 nitrogen and oxygen atoms in total. The number of fused-ring (bicyclic) bond motifs is 1. The highest BCUT2D eigenvalue weighted by Gasteiger charge is 2.20. The van der Waals surface area contributed by atoms with Gasteiger partial charge in [0.15, 0.2) is 5.75 Å². The van der Waals surface area contributed by atoms with Crippen LogP contribution >= 0.6 is 0 Å². The van der Waals surface area contributed by atoms with Crippen molar-refractivity contribution in [3.05, 3.63) is 60.3 Å². The normalized spacial score (nSPS) is 11.3. The molecule has 3 aromatic rings. The first-order valence-electron chi connectivity index (χ1n) is 7.53. The summed E-state index contributed by atoms with van der Waals surface area (Å²) in [6.45, 7) is 3.13. The van der Waals surface area contributed by atoms with Gasteiger partial charge in [0.1, 0.15) is 10.4 Å². The van der Waals surface area contributed by atoms with Crippen LogP contribution in [0.25, 0.3) is 10.9 Å². The molecule has 2 aromatic carbocycles. The van der Waals surface area contributed by atoms with Gasteiger partial charge in [-0.1, -0.05) is 24.3 Å². The zero-order valence-corrected chi connectivity index (χ0v) is 14.5. The first-order chi connectivity index (χ1) is 11.9. The van der Waals surface area contributed by atoms with Crippen LogP contribution in [0.1, 0.15) is 12.5 Å². The summed E-state index contributed by atoms with van der Waals surface area (Å²) in [6.07, 6.45) is 1.57. The molecule has 0 aliphatic heterocycles. The van der Waals surface area contributed by atoms with Crippen molar-refractivity contribution < 1.29 is 17.4 Å². The number of hydrogen-bond acceptors (Lipinski definition) is 5. The van der Waals surface area contributed by atoms with Crippen LogP contribution in [0.3, 0.4) is 0 Å². The third kappa shape index (κ3) is 3.61. The zero-order chi connectivity index (χ0) is 18.0. The second-order valence-corrected chi connectivity index (χ2v) is 7.07. The zero-order valence-electron chi connectivity index (χ0n) is 13.7. The molecule has 128 valence electrons. The number of hydrogen-bond donors (Lipinski definition) is 1. The van der Waals surface area contributed by atoms with E-state index >= 15 is 0 Å². The molecule has 1 amide bonds. The Morgan fingerprint density at radius 2 is 1.88 bits per heavy atom. The fraction of sp³-hybridized carbons (Fsp3) is 0.111. The molecule has 0 bridgehead atoms. The van der Waals surface area contributed by atoms with Crippen molar-refractivity contribution in [3.63, 3.8) is 0 Å². The summed E-state index contributed by atoms with van der Waals surface area (Å²) >= 11 is 0. The molecule has 0 atom stereocenters. The van der Waals surface area contributed by atoms with E-state index in [4.69, 9.17) is 4.18 Å². The first kappa shape index (κ1) is 16.9. The largest absolute Gasteiger partial charge is 0.377 e. The molecule has 1 aromatic heterocycles. The number of para-hydroxylation sites is 1. The summed E-state index contributed by atoms with van der Waals surface area (Å²) in [5.74, 6) is -0.128. The number of carbonyl (C=O) groups is 1. The van der Waals surface area contributed by atoms with E-state index in [9.17, 15) is 13.2 Å². The number of aryl methyl sites for hydroxylation is 1. The number of nitrogens with zero attached hydrogens (tertiary/aromatic N) is 1. The molecule has 0 spiro atoms. The summed E-state index contributed by atoms with van der Waals surface area (Å²) in [7, 11) is -4.07. The first-order valence-corrected chi connectivity index (χ1v) is 8.94. The smallest absolute Gasteiger partial charge is 0.339 e. The predicted octanol–water partition coefficient (Wildman–Crippen LogP) is 3.27. The number of nitrogens with one attached hydrogen (secondary N) is 1. The Balaban J connectivity index is 2.01. The van der Waals surface area contributed by atoms with Gasteiger partial charge in [-0.3, -0.25) is 9.78 Å². The summed E-state index contributed by atoms with van der Waals surface area (Å²) in [4.78, 5) is 15.4. The summed E-state index contributed by atoms with van der Waals surface area (Å²) in [5, 5.41) is 3.38. The van der Waals surface area contributed by atoms with Gasteiger partial charge in [-0.25, -0.2) is 0 Å². The van der Waals surface area contributed by atoms with Crippen LogP contribution in [0.2, 0.25) is 0 Å². The molecule has 1 heterocycles. The third-order valence-corrected chi connectivity index (χ3v) is 4.83. The van der Waals surface area contributed by atoms with Crippen molar-refractivity contribution in [1.29, 1.82) is 0 Å². The van der Waals surface area contributed by atoms with Gasteiger partial charge in [0.05, 0.1) is 0 Å². The number of benzene rings is 2. The lowest BCUT2D eigenvalue weighted by Crippen LogP contribution is -2.12. The average Bonchev–Trinajstić information content (AvgIpc) is 2.56. The van der Waals surface area contributed by atoms with E-state index < -0.39 is 10.1 Å². The predicted molar refractivity (Wildman–Crippen MR) is 95.0 cm³/mol. The van der Waals surface area contributed by atoms with Crippen molar-refractivity contribution in [3.8, 4) is 5.75 Å². The van der Waals surface area contributed by atoms with E-state index in [-0.39, 0.29) is 16.6 Å². The van der Waals surface area contributed by atoms with Gasteiger partial charge in [-0.15, -0.1) is 0 Å². The molecule has 7 heteroatoms. The minimum absolute atomic E-state index is 0.0465. The van der Waals surface area contributed by atoms with Crippen molar-refractivity contribution in [2.45, 2.75) is 18.7 Å². The summed E-state index contributed by atoms with van der Waals surface area (Å²) in [6, 6.07) is 13.1. The van der Waals surface area contributed by atoms with E-state index in [0.717, 1.165) is 10.9 Å². The number of rotatable bonds is 4. The molecule has 0 saturated heterocycles. The van der Waals surface area contributed by atoms with Crippen LogP contribution < -0.4 is 9.50 Å². The minimum atomic E-state index is -4.07. The van der Waals surface area contributed by atoms with Gasteiger partial charge in [0, 0.05) is 24.2 Å². The van der Waals surface area contributed by atoms with E-state index in [0.29, 0.717) is 11.2 Å². The molecule has 0 aliphatic carbocycles. The van der Waals surface area contributed by atoms with Gasteiger partial charge in [-0.2, -0.15) is 8.42 Å². The van der Waals surface area contributed by atoms with Crippen LogP contribution in [-0.4, -0.2) is 19.3 Å². The fourth-order valence-electron chi connectivity index (χ4n) is 2.39. The van der Waals surface area contributed by atoms with Gasteiger partial charge in [-0.05, 0) is 36.8 Å². The molecule has 1 N–H and O–H groups in total. The Bertz CT molecular complexity index is 1060. The number of carbonyl (C=O) groups excluding carboxylic acids is 1. The Morgan fingerprint density at radius 3 is 2.64 bits per heavy atom. The molecule has 0 saturated carbocycles. The maximum absolute atomic E-state index is 12.6. The highest BCUT2D eigenvalue weighted by Crippen LogP contribution is 2.28. The van der Waals surface area contributed by atoms with E-state index in [1.54, 1.807) is 37.4 Å². The molecule has 0 fully saturated rings. The lowest BCUT2D eigenvalue weighted by molar-refractivity contribution is -0.114. The number of anilines is 1. The van der Waals surface area contributed by atoms with Gasteiger partial charge in [0.25, 0.3) is 0 Å². The van der Waals surface area contributed by atoms with Gasteiger partial charge >= 0.3 is 10.1 Å². The fourth-order valence-corrected chi connectivity index (χ4v) is 3.35. The summed E-state index contributed by atoms with van der Waals surface area (Å²) < 4.78 is 30.6. The molecule has 0 unspecified atom stereocenters. The highest BCUT2D eigenvalue weighted by atomic mass is 32.2. The van der Waals surface area contributed by atoms with Crippen molar-refractivity contribution in [2.75, 3.05) is 5.32 Å². The maximum Gasteiger partial charge on any atom is 0.339 e. The van der Waals surface area contributed by atoms with Crippen LogP contribution in [0, 0.1) is 6.92 Å². The Labute approximate surface area is 145 Å². The highest BCUT2D eigenvalue weighted by molar-refractivity contribution is 7.87. The van der Waals surface area contributed by atoms with Crippen LogP contribution in [0.15, 0.2) is 59.6 Å². The molecule has 0 radical (unpaired) electrons. The quantitative estimate of drug-likeness (QED) is 0.725. The Hall–Kier alpha value is -2.93. The SMILES string of the molecule is CC(=O)Nc1cc(S(=O)(=O)Oc2cccc3cccnc23)ccc1C. The molecular formula is C18H16N2O4S. The van der Waals surface area contributed by atoms with Gasteiger partial charge < -0.3 is 9.50 Å². The number of pyridine rings is 1. The minimum Gasteiger partial charge on any atom is -0.377 e. The van der Waals surface area contributed by atoms with E-state index in [1.807, 2.05) is 12.1 Å². The van der Waals surface area contributed by atoms with Crippen molar-refractivity contribution in [1.82, 2.24) is 4.98 Å². The second kappa shape index (κ2) is 6.52. The molecule has 3 rings (SSSR count). The monoisotopic (exact) mass is 356 g/mol. The van der Waals surface area contributed by atoms with Crippen LogP contribution in [0.4, 0.5) is 5.69 Å². The molecule has 25 heavy (non-hydrogen) atoms. The maximum atomic E-state index is 12.6. The Kier molecular flexibility index (Phi) is 4.41. The third-order valence-electron chi connectivity index (χ3n) is 3.60. The number of amides is 1. The lowest BCUT2D eigenvalue weighted by atomic mass is 10.2. The van der Waals surface area contributed by atoms with E-state index in [1.165, 1.54) is 19.1 Å². The van der Waals surface area contributed by atoms with Crippen LogP contribution in [0.5, 0.6) is 5.75 Å². The lowest BCUT2D eigenvalue weighted by Gasteiger charge is -2.11. The van der Waals surface area contributed by atoms with Crippen molar-refractivity contribution in [2.24, 2.45) is 0 Å². The molecule has 0 aliphatic rings. The van der Waals surface area contributed by atoms with Crippen molar-refractivity contribution >= 4 is 32.6 Å². The molecular weight excluding hydrogens is 340 g/mol. The van der Waals surface area contributed by atoms with Crippen LogP contribution in [-0.2, 0) is 14.9 Å². The summed E-state index contributed by atoms with van der Waals surface area (Å²) in [5.41, 5.74) is 1.64. The van der Waals surface area contributed by atoms with E-state index in [2.05, 4.69) is 10.3 Å². The van der Waals surface area contributed by atoms with Gasteiger partial charge in [0.2, 0.25) is 5.91 Å². The average molecular weight is 356 g/mol. The number of aromatic nitrogens is 1.